The number of likely N-dealkylation sites (tertiary alicyclic amines) is 1. The average molecular weight is 415 g/mol. The largest absolute Gasteiger partial charge is 0.493 e. The molecule has 2 aromatic carbocycles. The van der Waals surface area contributed by atoms with E-state index in [4.69, 9.17) is 9.47 Å². The third kappa shape index (κ3) is 6.99. The summed E-state index contributed by atoms with van der Waals surface area (Å²) in [4.78, 5) is 2.17. The van der Waals surface area contributed by atoms with E-state index in [1.165, 1.54) is 11.1 Å². The predicted octanol–water partition coefficient (Wildman–Crippen LogP) is 2.49. The summed E-state index contributed by atoms with van der Waals surface area (Å²) in [6.07, 6.45) is 0.742. The van der Waals surface area contributed by atoms with Gasteiger partial charge in [-0.05, 0) is 43.0 Å². The standard InChI is InChI=1S/C24H34N2O4/c1-18-4-3-5-19(12-18)14-25-15-20-6-7-23(24(13-20)29-2)30-17-22(28)16-26-10-8-21(27)9-11-26/h3-7,12-13,21-22,25,27-28H,8-11,14-17H2,1-2H3/t22-/m1/s1. The number of aliphatic hydroxyl groups is 2. The summed E-state index contributed by atoms with van der Waals surface area (Å²) >= 11 is 0. The molecular formula is C24H34N2O4. The molecule has 1 aliphatic heterocycles. The zero-order valence-electron chi connectivity index (χ0n) is 18.0. The van der Waals surface area contributed by atoms with Crippen LogP contribution >= 0.6 is 0 Å². The molecule has 6 heteroatoms. The van der Waals surface area contributed by atoms with Crippen LogP contribution in [0.5, 0.6) is 11.5 Å². The van der Waals surface area contributed by atoms with E-state index in [-0.39, 0.29) is 12.7 Å². The number of nitrogens with zero attached hydrogens (tertiary/aromatic N) is 1. The zero-order valence-corrected chi connectivity index (χ0v) is 18.0. The van der Waals surface area contributed by atoms with Crippen molar-refractivity contribution in [2.45, 2.75) is 45.1 Å². The van der Waals surface area contributed by atoms with E-state index >= 15 is 0 Å². The molecule has 0 spiro atoms. The van der Waals surface area contributed by atoms with Crippen LogP contribution in [-0.2, 0) is 13.1 Å². The van der Waals surface area contributed by atoms with Gasteiger partial charge in [0.25, 0.3) is 0 Å². The van der Waals surface area contributed by atoms with Gasteiger partial charge in [-0.3, -0.25) is 0 Å². The molecule has 1 atom stereocenters. The molecule has 0 saturated carbocycles. The van der Waals surface area contributed by atoms with Crippen LogP contribution in [0.3, 0.4) is 0 Å². The molecule has 1 heterocycles. The molecule has 0 aromatic heterocycles. The van der Waals surface area contributed by atoms with Crippen molar-refractivity contribution in [1.29, 1.82) is 0 Å². The smallest absolute Gasteiger partial charge is 0.161 e. The van der Waals surface area contributed by atoms with Crippen molar-refractivity contribution in [2.24, 2.45) is 0 Å². The Morgan fingerprint density at radius 1 is 1.07 bits per heavy atom. The van der Waals surface area contributed by atoms with Crippen LogP contribution in [0.4, 0.5) is 0 Å². The van der Waals surface area contributed by atoms with E-state index in [9.17, 15) is 10.2 Å². The second-order valence-corrected chi connectivity index (χ2v) is 8.07. The topological polar surface area (TPSA) is 74.2 Å². The Bertz CT molecular complexity index is 791. The van der Waals surface area contributed by atoms with Gasteiger partial charge < -0.3 is 29.9 Å². The quantitative estimate of drug-likeness (QED) is 0.555. The van der Waals surface area contributed by atoms with Crippen LogP contribution in [0, 0.1) is 6.92 Å². The van der Waals surface area contributed by atoms with E-state index in [0.717, 1.165) is 44.6 Å². The molecule has 0 amide bonds. The third-order valence-corrected chi connectivity index (χ3v) is 5.43. The molecule has 2 aromatic rings. The molecule has 30 heavy (non-hydrogen) atoms. The lowest BCUT2D eigenvalue weighted by molar-refractivity contribution is 0.0333. The maximum Gasteiger partial charge on any atom is 0.161 e. The number of benzene rings is 2. The van der Waals surface area contributed by atoms with Crippen LogP contribution in [-0.4, -0.2) is 60.7 Å². The van der Waals surface area contributed by atoms with Gasteiger partial charge in [-0.2, -0.15) is 0 Å². The summed E-state index contributed by atoms with van der Waals surface area (Å²) in [7, 11) is 1.63. The zero-order chi connectivity index (χ0) is 21.3. The van der Waals surface area contributed by atoms with Crippen LogP contribution in [0.2, 0.25) is 0 Å². The number of methoxy groups -OCH3 is 1. The fraction of sp³-hybridized carbons (Fsp3) is 0.500. The Morgan fingerprint density at radius 2 is 1.80 bits per heavy atom. The number of rotatable bonds is 10. The Balaban J connectivity index is 1.46. The van der Waals surface area contributed by atoms with Crippen molar-refractivity contribution in [3.8, 4) is 11.5 Å². The number of piperidine rings is 1. The highest BCUT2D eigenvalue weighted by atomic mass is 16.5. The number of hydrogen-bond donors (Lipinski definition) is 3. The van der Waals surface area contributed by atoms with Gasteiger partial charge in [-0.1, -0.05) is 35.9 Å². The van der Waals surface area contributed by atoms with E-state index in [0.29, 0.717) is 18.0 Å². The normalized spacial score (nSPS) is 16.4. The van der Waals surface area contributed by atoms with Crippen LogP contribution < -0.4 is 14.8 Å². The Kier molecular flexibility index (Phi) is 8.51. The summed E-state index contributed by atoms with van der Waals surface area (Å²) in [5, 5.41) is 23.3. The van der Waals surface area contributed by atoms with Crippen molar-refractivity contribution in [3.63, 3.8) is 0 Å². The first kappa shape index (κ1) is 22.6. The fourth-order valence-electron chi connectivity index (χ4n) is 3.75. The van der Waals surface area contributed by atoms with Crippen LogP contribution in [0.1, 0.15) is 29.5 Å². The molecule has 0 aliphatic carbocycles. The van der Waals surface area contributed by atoms with Crippen molar-refractivity contribution < 1.29 is 19.7 Å². The molecule has 1 aliphatic rings. The van der Waals surface area contributed by atoms with E-state index < -0.39 is 6.10 Å². The fourth-order valence-corrected chi connectivity index (χ4v) is 3.75. The van der Waals surface area contributed by atoms with E-state index in [2.05, 4.69) is 41.4 Å². The summed E-state index contributed by atoms with van der Waals surface area (Å²) in [6.45, 7) is 6.02. The van der Waals surface area contributed by atoms with Crippen molar-refractivity contribution in [3.05, 3.63) is 59.2 Å². The first-order chi connectivity index (χ1) is 14.5. The van der Waals surface area contributed by atoms with Gasteiger partial charge in [0, 0.05) is 32.7 Å². The Hall–Kier alpha value is -2.12. The lowest BCUT2D eigenvalue weighted by Gasteiger charge is -2.30. The number of β-amino-alcohol motifs (C(OH)–C–C–N with tert-alkyl or cyclic N) is 1. The summed E-state index contributed by atoms with van der Waals surface area (Å²) < 4.78 is 11.3. The summed E-state index contributed by atoms with van der Waals surface area (Å²) in [6, 6.07) is 14.4. The van der Waals surface area contributed by atoms with Crippen molar-refractivity contribution >= 4 is 0 Å². The summed E-state index contributed by atoms with van der Waals surface area (Å²) in [5.41, 5.74) is 3.64. The second-order valence-electron chi connectivity index (χ2n) is 8.07. The highest BCUT2D eigenvalue weighted by molar-refractivity contribution is 5.43. The molecule has 1 saturated heterocycles. The predicted molar refractivity (Wildman–Crippen MR) is 118 cm³/mol. The van der Waals surface area contributed by atoms with Crippen molar-refractivity contribution in [1.82, 2.24) is 10.2 Å². The van der Waals surface area contributed by atoms with Gasteiger partial charge in [0.1, 0.15) is 12.7 Å². The highest BCUT2D eigenvalue weighted by Gasteiger charge is 2.20. The van der Waals surface area contributed by atoms with E-state index in [1.807, 2.05) is 18.2 Å². The molecule has 164 valence electrons. The number of hydrogen-bond acceptors (Lipinski definition) is 6. The number of ether oxygens (including phenoxy) is 2. The minimum absolute atomic E-state index is 0.205. The maximum absolute atomic E-state index is 10.3. The molecule has 0 bridgehead atoms. The minimum atomic E-state index is -0.583. The first-order valence-electron chi connectivity index (χ1n) is 10.7. The van der Waals surface area contributed by atoms with Crippen LogP contribution in [0.25, 0.3) is 0 Å². The Morgan fingerprint density at radius 3 is 2.50 bits per heavy atom. The molecule has 0 radical (unpaired) electrons. The molecule has 6 nitrogen and oxygen atoms in total. The average Bonchev–Trinajstić information content (AvgIpc) is 2.74. The molecular weight excluding hydrogens is 380 g/mol. The van der Waals surface area contributed by atoms with Crippen molar-refractivity contribution in [2.75, 3.05) is 33.4 Å². The van der Waals surface area contributed by atoms with Gasteiger partial charge in [-0.25, -0.2) is 0 Å². The third-order valence-electron chi connectivity index (χ3n) is 5.43. The maximum atomic E-state index is 10.3. The SMILES string of the molecule is COc1cc(CNCc2cccc(C)c2)ccc1OC[C@H](O)CN1CCC(O)CC1. The second kappa shape index (κ2) is 11.3. The lowest BCUT2D eigenvalue weighted by atomic mass is 10.1. The highest BCUT2D eigenvalue weighted by Crippen LogP contribution is 2.28. The molecule has 3 rings (SSSR count). The van der Waals surface area contributed by atoms with Crippen LogP contribution in [0.15, 0.2) is 42.5 Å². The summed E-state index contributed by atoms with van der Waals surface area (Å²) in [5.74, 6) is 1.30. The lowest BCUT2D eigenvalue weighted by Crippen LogP contribution is -2.41. The van der Waals surface area contributed by atoms with Gasteiger partial charge >= 0.3 is 0 Å². The van der Waals surface area contributed by atoms with Gasteiger partial charge in [0.05, 0.1) is 13.2 Å². The molecule has 3 N–H and O–H groups in total. The van der Waals surface area contributed by atoms with Gasteiger partial charge in [0.2, 0.25) is 0 Å². The Labute approximate surface area is 179 Å². The van der Waals surface area contributed by atoms with E-state index in [1.54, 1.807) is 7.11 Å². The minimum Gasteiger partial charge on any atom is -0.493 e. The first-order valence-corrected chi connectivity index (χ1v) is 10.7. The number of aryl methyl sites for hydroxylation is 1. The van der Waals surface area contributed by atoms with Gasteiger partial charge in [0.15, 0.2) is 11.5 Å². The number of nitrogens with one attached hydrogen (secondary N) is 1. The monoisotopic (exact) mass is 414 g/mol. The number of aliphatic hydroxyl groups excluding tert-OH is 2. The molecule has 0 unspecified atom stereocenters. The molecule has 1 fully saturated rings. The van der Waals surface area contributed by atoms with Gasteiger partial charge in [-0.15, -0.1) is 0 Å².